The number of carbonyl (C=O) groups is 3. The van der Waals surface area contributed by atoms with Gasteiger partial charge in [-0.15, -0.1) is 0 Å². The van der Waals surface area contributed by atoms with Gasteiger partial charge in [-0.2, -0.15) is 0 Å². The van der Waals surface area contributed by atoms with Gasteiger partial charge in [0.2, 0.25) is 5.78 Å². The van der Waals surface area contributed by atoms with Crippen LogP contribution in [0.4, 0.5) is 0 Å². The lowest BCUT2D eigenvalue weighted by atomic mass is 9.79. The lowest BCUT2D eigenvalue weighted by molar-refractivity contribution is -0.138. The summed E-state index contributed by atoms with van der Waals surface area (Å²) in [6.45, 7) is 34.3. The third kappa shape index (κ3) is 53.9. The molecule has 0 amide bonds. The Hall–Kier alpha value is -2.27. The minimum Gasteiger partial charge on any atom is -0.403 e. The normalized spacial score (nSPS) is 10.6. The van der Waals surface area contributed by atoms with Gasteiger partial charge in [0.1, 0.15) is 5.78 Å². The number of nitrogens with two attached hydrogens (primary N) is 1. The summed E-state index contributed by atoms with van der Waals surface area (Å²) < 4.78 is 0. The highest BCUT2D eigenvalue weighted by Gasteiger charge is 2.20. The number of unbranched alkanes of at least 4 members (excludes halogenated alkanes) is 1. The maximum absolute atomic E-state index is 11.4. The van der Waals surface area contributed by atoms with E-state index in [2.05, 4.69) is 66.9 Å². The van der Waals surface area contributed by atoms with Crippen LogP contribution in [0.3, 0.4) is 0 Å². The van der Waals surface area contributed by atoms with Crippen LogP contribution in [0.1, 0.15) is 141 Å². The van der Waals surface area contributed by atoms with Crippen LogP contribution in [0.15, 0.2) is 49.2 Å². The highest BCUT2D eigenvalue weighted by Crippen LogP contribution is 2.28. The minimum atomic E-state index is -0.311. The molecule has 3 N–H and O–H groups in total. The third-order valence-corrected chi connectivity index (χ3v) is 6.57. The standard InChI is InChI=1S/C10H19NO2.C8H18.C7H10.C4H9N.C4H8O.C4H10/c1-4-5-9(6-7-11-3)10(13)8(2)12;1-6-8(4,5)7(2)3;1-3-5-7-6-4-2;2*1-3-4(2)5;1-3-4-2/h9,11H,4-7H2,1-3H3;7H,6H2,1-5H3;3-7H,1H2,2H3;2-3,5H2,1H3;3H2,1-2H3;3-4H2,1-2H3/b;;6-4-,7-5-;;;. The Labute approximate surface area is 264 Å². The monoisotopic (exact) mass is 595 g/mol. The second kappa shape index (κ2) is 40.9. The first kappa shape index (κ1) is 52.4. The predicted octanol–water partition coefficient (Wildman–Crippen LogP) is 10.2. The van der Waals surface area contributed by atoms with E-state index in [1.807, 2.05) is 59.0 Å². The smallest absolute Gasteiger partial charge is 0.201 e. The fourth-order valence-corrected chi connectivity index (χ4v) is 2.02. The Balaban J connectivity index is -0.0000000978. The molecule has 0 saturated heterocycles. The molecule has 0 bridgehead atoms. The number of hydrogen-bond donors (Lipinski definition) is 2. The van der Waals surface area contributed by atoms with Crippen molar-refractivity contribution < 1.29 is 14.4 Å². The number of hydrogen-bond acceptors (Lipinski definition) is 5. The van der Waals surface area contributed by atoms with Crippen LogP contribution in [-0.2, 0) is 14.4 Å². The molecule has 0 radical (unpaired) electrons. The lowest BCUT2D eigenvalue weighted by Gasteiger charge is -2.27. The average Bonchev–Trinajstić information content (AvgIpc) is 2.96. The summed E-state index contributed by atoms with van der Waals surface area (Å²) in [5.74, 6) is 0.471. The van der Waals surface area contributed by atoms with Crippen molar-refractivity contribution in [1.82, 2.24) is 5.32 Å². The van der Waals surface area contributed by atoms with Gasteiger partial charge in [-0.1, -0.05) is 138 Å². The Morgan fingerprint density at radius 2 is 1.31 bits per heavy atom. The molecule has 0 aromatic carbocycles. The fraction of sp³-hybridized carbons (Fsp3) is 0.703. The molecule has 250 valence electrons. The van der Waals surface area contributed by atoms with Crippen molar-refractivity contribution in [3.63, 3.8) is 0 Å². The van der Waals surface area contributed by atoms with Gasteiger partial charge in [-0.3, -0.25) is 9.59 Å². The molecule has 0 aromatic rings. The zero-order valence-corrected chi connectivity index (χ0v) is 30.6. The van der Waals surface area contributed by atoms with E-state index in [1.165, 1.54) is 26.2 Å². The van der Waals surface area contributed by atoms with Crippen molar-refractivity contribution in [2.24, 2.45) is 23.0 Å². The van der Waals surface area contributed by atoms with Gasteiger partial charge in [0.05, 0.1) is 0 Å². The third-order valence-electron chi connectivity index (χ3n) is 6.57. The van der Waals surface area contributed by atoms with E-state index in [1.54, 1.807) is 13.0 Å². The quantitative estimate of drug-likeness (QED) is 0.154. The molecular weight excluding hydrogens is 520 g/mol. The van der Waals surface area contributed by atoms with Crippen LogP contribution < -0.4 is 11.1 Å². The molecule has 0 aliphatic heterocycles. The molecule has 0 aromatic heterocycles. The molecule has 1 atom stereocenters. The zero-order chi connectivity index (χ0) is 34.6. The van der Waals surface area contributed by atoms with E-state index in [9.17, 15) is 14.4 Å². The number of rotatable bonds is 14. The summed E-state index contributed by atoms with van der Waals surface area (Å²) in [4.78, 5) is 32.0. The molecule has 1 unspecified atom stereocenters. The van der Waals surface area contributed by atoms with E-state index in [0.29, 0.717) is 11.8 Å². The van der Waals surface area contributed by atoms with Crippen molar-refractivity contribution in [2.75, 3.05) is 13.6 Å². The molecule has 0 rings (SSSR count). The van der Waals surface area contributed by atoms with E-state index >= 15 is 0 Å². The molecule has 0 fully saturated rings. The number of ketones is 3. The SMILES string of the molecule is C=C(N)CC.C=C/C=C\C=C/C.CCC(C)(C)C(C)C.CCC(C)=O.CCCC.CCCC(CCNC)C(=O)C(C)=O. The van der Waals surface area contributed by atoms with E-state index < -0.39 is 0 Å². The Bertz CT molecular complexity index is 673. The van der Waals surface area contributed by atoms with Crippen LogP contribution in [0, 0.1) is 17.3 Å². The average molecular weight is 595 g/mol. The second-order valence-corrected chi connectivity index (χ2v) is 11.0. The van der Waals surface area contributed by atoms with Gasteiger partial charge >= 0.3 is 0 Å². The number of nitrogens with one attached hydrogen (secondary N) is 1. The maximum atomic E-state index is 11.4. The summed E-state index contributed by atoms with van der Waals surface area (Å²) in [5, 5.41) is 2.99. The zero-order valence-electron chi connectivity index (χ0n) is 30.6. The fourth-order valence-electron chi connectivity index (χ4n) is 2.02. The lowest BCUT2D eigenvalue weighted by Crippen LogP contribution is -2.24. The number of allylic oxidation sites excluding steroid dienone is 6. The van der Waals surface area contributed by atoms with Crippen LogP contribution in [0.5, 0.6) is 0 Å². The van der Waals surface area contributed by atoms with Crippen molar-refractivity contribution in [1.29, 1.82) is 0 Å². The van der Waals surface area contributed by atoms with Gasteiger partial charge in [0, 0.05) is 25.0 Å². The molecule has 0 aliphatic carbocycles. The van der Waals surface area contributed by atoms with Gasteiger partial charge in [0.25, 0.3) is 0 Å². The second-order valence-electron chi connectivity index (χ2n) is 11.0. The Morgan fingerprint density at radius 1 is 0.857 bits per heavy atom. The van der Waals surface area contributed by atoms with Crippen LogP contribution in [0.25, 0.3) is 0 Å². The van der Waals surface area contributed by atoms with Crippen LogP contribution >= 0.6 is 0 Å². The number of carbonyl (C=O) groups excluding carboxylic acids is 3. The Kier molecular flexibility index (Phi) is 51.0. The molecule has 42 heavy (non-hydrogen) atoms. The highest BCUT2D eigenvalue weighted by molar-refractivity contribution is 6.37. The summed E-state index contributed by atoms with van der Waals surface area (Å²) in [7, 11) is 1.85. The van der Waals surface area contributed by atoms with Gasteiger partial charge in [-0.25, -0.2) is 0 Å². The molecule has 5 heteroatoms. The summed E-state index contributed by atoms with van der Waals surface area (Å²) in [6.07, 6.45) is 17.5. The topological polar surface area (TPSA) is 89.3 Å². The maximum Gasteiger partial charge on any atom is 0.201 e. The van der Waals surface area contributed by atoms with E-state index in [-0.39, 0.29) is 23.3 Å². The largest absolute Gasteiger partial charge is 0.403 e. The predicted molar refractivity (Wildman–Crippen MR) is 191 cm³/mol. The van der Waals surface area contributed by atoms with Gasteiger partial charge < -0.3 is 15.8 Å². The number of Topliss-reactive ketones (excluding diaryl/α,β-unsaturated/α-hetero) is 3. The van der Waals surface area contributed by atoms with Crippen molar-refractivity contribution in [3.8, 4) is 0 Å². The summed E-state index contributed by atoms with van der Waals surface area (Å²) in [5.41, 5.74) is 6.39. The van der Waals surface area contributed by atoms with Crippen molar-refractivity contribution in [3.05, 3.63) is 49.2 Å². The molecule has 0 saturated carbocycles. The molecular formula is C37H74N2O3. The summed E-state index contributed by atoms with van der Waals surface area (Å²) >= 11 is 0. The van der Waals surface area contributed by atoms with Crippen LogP contribution in [0.2, 0.25) is 0 Å². The highest BCUT2D eigenvalue weighted by atomic mass is 16.2. The molecule has 5 nitrogen and oxygen atoms in total. The molecule has 0 spiro atoms. The van der Waals surface area contributed by atoms with E-state index in [0.717, 1.165) is 43.8 Å². The Morgan fingerprint density at radius 3 is 1.50 bits per heavy atom. The first-order valence-corrected chi connectivity index (χ1v) is 16.0. The van der Waals surface area contributed by atoms with E-state index in [4.69, 9.17) is 5.73 Å². The first-order valence-electron chi connectivity index (χ1n) is 16.0. The summed E-state index contributed by atoms with van der Waals surface area (Å²) in [6, 6.07) is 0. The van der Waals surface area contributed by atoms with Crippen LogP contribution in [-0.4, -0.2) is 30.9 Å². The van der Waals surface area contributed by atoms with Gasteiger partial charge in [0.15, 0.2) is 5.78 Å². The van der Waals surface area contributed by atoms with Gasteiger partial charge in [-0.05, 0) is 58.0 Å². The molecule has 0 heterocycles. The first-order chi connectivity index (χ1) is 19.5. The minimum absolute atomic E-state index is 0.0741. The van der Waals surface area contributed by atoms with Crippen molar-refractivity contribution in [2.45, 2.75) is 141 Å². The molecule has 0 aliphatic rings. The van der Waals surface area contributed by atoms with Crippen molar-refractivity contribution >= 4 is 17.3 Å².